The van der Waals surface area contributed by atoms with Crippen molar-refractivity contribution in [3.05, 3.63) is 47.5 Å². The summed E-state index contributed by atoms with van der Waals surface area (Å²) in [5.41, 5.74) is 1.13. The Kier molecular flexibility index (Phi) is 6.81. The highest BCUT2D eigenvalue weighted by atomic mass is 19.1. The zero-order valence-electron chi connectivity index (χ0n) is 17.3. The molecule has 1 fully saturated rings. The summed E-state index contributed by atoms with van der Waals surface area (Å²) >= 11 is 0. The number of hydrogen-bond donors (Lipinski definition) is 2. The first-order chi connectivity index (χ1) is 14.5. The number of benzene rings is 2. The van der Waals surface area contributed by atoms with Crippen LogP contribution >= 0.6 is 0 Å². The van der Waals surface area contributed by atoms with Crippen molar-refractivity contribution in [3.8, 4) is 17.2 Å². The van der Waals surface area contributed by atoms with Gasteiger partial charge in [-0.15, -0.1) is 0 Å². The Labute approximate surface area is 174 Å². The lowest BCUT2D eigenvalue weighted by Crippen LogP contribution is -2.52. The maximum atomic E-state index is 14.0. The van der Waals surface area contributed by atoms with Crippen molar-refractivity contribution in [3.63, 3.8) is 0 Å². The average Bonchev–Trinajstić information content (AvgIpc) is 2.77. The Hall–Kier alpha value is -3.23. The average molecular weight is 420 g/mol. The zero-order chi connectivity index (χ0) is 21.7. The van der Waals surface area contributed by atoms with Gasteiger partial charge in [0.05, 0.1) is 19.9 Å². The summed E-state index contributed by atoms with van der Waals surface area (Å²) in [6, 6.07) is 6.95. The van der Waals surface area contributed by atoms with E-state index in [4.69, 9.17) is 9.47 Å². The molecule has 9 heteroatoms. The van der Waals surface area contributed by atoms with Crippen LogP contribution in [0.3, 0.4) is 0 Å². The van der Waals surface area contributed by atoms with E-state index < -0.39 is 11.6 Å². The van der Waals surface area contributed by atoms with Crippen LogP contribution in [0.2, 0.25) is 0 Å². The van der Waals surface area contributed by atoms with Crippen molar-refractivity contribution in [2.75, 3.05) is 52.3 Å². The molecular formula is C21H26F2N4O3. The molecule has 0 spiro atoms. The molecule has 2 aromatic carbocycles. The first-order valence-electron chi connectivity index (χ1n) is 9.56. The van der Waals surface area contributed by atoms with E-state index in [1.54, 1.807) is 19.2 Å². The number of guanidine groups is 1. The van der Waals surface area contributed by atoms with E-state index in [0.29, 0.717) is 50.2 Å². The SMILES string of the molecule is CN=C(NCc1cc(OC)c(O)c(OC)c1)N1CCN(c2cc(F)ccc2F)CC1. The number of rotatable bonds is 5. The minimum absolute atomic E-state index is 0.0474. The molecule has 1 aliphatic heterocycles. The standard InChI is InChI=1S/C21H26F2N4O3/c1-24-21(25-13-14-10-18(29-2)20(28)19(11-14)30-3)27-8-6-26(7-9-27)17-12-15(22)4-5-16(17)23/h4-5,10-12,28H,6-9,13H2,1-3H3,(H,24,25). The van der Waals surface area contributed by atoms with E-state index >= 15 is 0 Å². The molecule has 0 unspecified atom stereocenters. The van der Waals surface area contributed by atoms with Crippen molar-refractivity contribution < 1.29 is 23.4 Å². The third-order valence-corrected chi connectivity index (χ3v) is 5.03. The number of hydrogen-bond acceptors (Lipinski definition) is 5. The molecule has 0 aliphatic carbocycles. The van der Waals surface area contributed by atoms with Gasteiger partial charge in [0.1, 0.15) is 11.6 Å². The number of nitrogens with one attached hydrogen (secondary N) is 1. The van der Waals surface area contributed by atoms with Crippen molar-refractivity contribution in [2.24, 2.45) is 4.99 Å². The minimum Gasteiger partial charge on any atom is -0.502 e. The summed E-state index contributed by atoms with van der Waals surface area (Å²) in [7, 11) is 4.65. The molecule has 162 valence electrons. The van der Waals surface area contributed by atoms with Gasteiger partial charge in [-0.1, -0.05) is 0 Å². The lowest BCUT2D eigenvalue weighted by molar-refractivity contribution is 0.339. The highest BCUT2D eigenvalue weighted by Gasteiger charge is 2.22. The minimum atomic E-state index is -0.453. The number of nitrogens with zero attached hydrogens (tertiary/aromatic N) is 3. The van der Waals surface area contributed by atoms with Gasteiger partial charge >= 0.3 is 0 Å². The maximum absolute atomic E-state index is 14.0. The Morgan fingerprint density at radius 2 is 1.70 bits per heavy atom. The summed E-state index contributed by atoms with van der Waals surface area (Å²) in [5.74, 6) is 0.418. The number of piperazine rings is 1. The highest BCUT2D eigenvalue weighted by Crippen LogP contribution is 2.37. The third kappa shape index (κ3) is 4.67. The number of phenols is 1. The molecule has 0 aromatic heterocycles. The second kappa shape index (κ2) is 9.51. The Morgan fingerprint density at radius 3 is 2.27 bits per heavy atom. The molecule has 0 radical (unpaired) electrons. The van der Waals surface area contributed by atoms with E-state index in [1.165, 1.54) is 20.3 Å². The van der Waals surface area contributed by atoms with Gasteiger partial charge in [0.15, 0.2) is 17.5 Å². The normalized spacial score (nSPS) is 14.6. The molecule has 3 rings (SSSR count). The van der Waals surface area contributed by atoms with Crippen LogP contribution in [0.4, 0.5) is 14.5 Å². The van der Waals surface area contributed by atoms with E-state index in [2.05, 4.69) is 15.2 Å². The predicted octanol–water partition coefficient (Wildman–Crippen LogP) is 2.59. The Balaban J connectivity index is 1.62. The molecular weight excluding hydrogens is 394 g/mol. The molecule has 1 saturated heterocycles. The highest BCUT2D eigenvalue weighted by molar-refractivity contribution is 5.80. The second-order valence-corrected chi connectivity index (χ2v) is 6.82. The molecule has 1 heterocycles. The van der Waals surface area contributed by atoms with Gasteiger partial charge in [0, 0.05) is 45.8 Å². The third-order valence-electron chi connectivity index (χ3n) is 5.03. The molecule has 1 aliphatic rings. The van der Waals surface area contributed by atoms with Crippen LogP contribution in [-0.2, 0) is 6.54 Å². The van der Waals surface area contributed by atoms with Crippen molar-refractivity contribution >= 4 is 11.6 Å². The fourth-order valence-corrected chi connectivity index (χ4v) is 3.45. The van der Waals surface area contributed by atoms with Crippen LogP contribution in [0.15, 0.2) is 35.3 Å². The zero-order valence-corrected chi connectivity index (χ0v) is 17.3. The summed E-state index contributed by atoms with van der Waals surface area (Å²) in [6.45, 7) is 2.75. The van der Waals surface area contributed by atoms with Crippen molar-refractivity contribution in [2.45, 2.75) is 6.54 Å². The number of phenolic OH excluding ortho intramolecular Hbond substituents is 1. The molecule has 2 aromatic rings. The van der Waals surface area contributed by atoms with E-state index in [9.17, 15) is 13.9 Å². The van der Waals surface area contributed by atoms with E-state index in [-0.39, 0.29) is 11.4 Å². The van der Waals surface area contributed by atoms with Gasteiger partial charge < -0.3 is 29.7 Å². The Bertz CT molecular complexity index is 890. The number of anilines is 1. The number of methoxy groups -OCH3 is 2. The summed E-state index contributed by atoms with van der Waals surface area (Å²) in [5, 5.41) is 13.3. The summed E-state index contributed by atoms with van der Waals surface area (Å²) in [6.07, 6.45) is 0. The van der Waals surface area contributed by atoms with Crippen LogP contribution in [-0.4, -0.2) is 63.4 Å². The van der Waals surface area contributed by atoms with Gasteiger partial charge in [-0.2, -0.15) is 0 Å². The Morgan fingerprint density at radius 1 is 1.07 bits per heavy atom. The van der Waals surface area contributed by atoms with Crippen LogP contribution in [0.1, 0.15) is 5.56 Å². The van der Waals surface area contributed by atoms with Gasteiger partial charge in [-0.25, -0.2) is 8.78 Å². The fraction of sp³-hybridized carbons (Fsp3) is 0.381. The first-order valence-corrected chi connectivity index (χ1v) is 9.56. The predicted molar refractivity (Wildman–Crippen MR) is 112 cm³/mol. The second-order valence-electron chi connectivity index (χ2n) is 6.82. The fourth-order valence-electron chi connectivity index (χ4n) is 3.45. The van der Waals surface area contributed by atoms with Gasteiger partial charge in [0.25, 0.3) is 0 Å². The maximum Gasteiger partial charge on any atom is 0.200 e. The van der Waals surface area contributed by atoms with E-state index in [0.717, 1.165) is 17.7 Å². The quantitative estimate of drug-likeness (QED) is 0.573. The van der Waals surface area contributed by atoms with Crippen LogP contribution in [0.5, 0.6) is 17.2 Å². The van der Waals surface area contributed by atoms with Gasteiger partial charge in [-0.05, 0) is 29.8 Å². The lowest BCUT2D eigenvalue weighted by Gasteiger charge is -2.37. The number of ether oxygens (including phenoxy) is 2. The number of aliphatic imine (C=N–C) groups is 1. The van der Waals surface area contributed by atoms with Gasteiger partial charge in [0.2, 0.25) is 5.75 Å². The molecule has 30 heavy (non-hydrogen) atoms. The lowest BCUT2D eigenvalue weighted by atomic mass is 10.2. The van der Waals surface area contributed by atoms with Crippen LogP contribution in [0.25, 0.3) is 0 Å². The first kappa shape index (κ1) is 21.5. The van der Waals surface area contributed by atoms with Crippen molar-refractivity contribution in [1.82, 2.24) is 10.2 Å². The smallest absolute Gasteiger partial charge is 0.200 e. The van der Waals surface area contributed by atoms with Crippen LogP contribution < -0.4 is 19.7 Å². The monoisotopic (exact) mass is 420 g/mol. The molecule has 0 amide bonds. The molecule has 0 saturated carbocycles. The molecule has 2 N–H and O–H groups in total. The number of halogens is 2. The number of aromatic hydroxyl groups is 1. The topological polar surface area (TPSA) is 69.6 Å². The van der Waals surface area contributed by atoms with Crippen LogP contribution in [0, 0.1) is 11.6 Å². The molecule has 0 atom stereocenters. The largest absolute Gasteiger partial charge is 0.502 e. The molecule has 7 nitrogen and oxygen atoms in total. The van der Waals surface area contributed by atoms with Crippen molar-refractivity contribution in [1.29, 1.82) is 0 Å². The summed E-state index contributed by atoms with van der Waals surface area (Å²) < 4.78 is 37.9. The van der Waals surface area contributed by atoms with E-state index in [1.807, 2.05) is 4.90 Å². The molecule has 0 bridgehead atoms. The summed E-state index contributed by atoms with van der Waals surface area (Å²) in [4.78, 5) is 8.22. The van der Waals surface area contributed by atoms with Gasteiger partial charge in [-0.3, -0.25) is 4.99 Å².